The van der Waals surface area contributed by atoms with Gasteiger partial charge in [-0.3, -0.25) is 5.32 Å². The van der Waals surface area contributed by atoms with E-state index in [0.29, 0.717) is 0 Å². The zero-order valence-electron chi connectivity index (χ0n) is 10.8. The Morgan fingerprint density at radius 1 is 1.18 bits per heavy atom. The van der Waals surface area contributed by atoms with E-state index in [1.807, 2.05) is 0 Å². The molecule has 2 nitrogen and oxygen atoms in total. The van der Waals surface area contributed by atoms with E-state index >= 15 is 0 Å². The summed E-state index contributed by atoms with van der Waals surface area (Å²) < 4.78 is 0. The molecule has 17 heavy (non-hydrogen) atoms. The second kappa shape index (κ2) is 6.21. The number of allylic oxidation sites excluding steroid dienone is 1. The fourth-order valence-corrected chi connectivity index (χ4v) is 3.08. The maximum absolute atomic E-state index is 9.35. The smallest absolute Gasteiger partial charge is 0.106 e. The van der Waals surface area contributed by atoms with Gasteiger partial charge in [-0.15, -0.1) is 0 Å². The Hall–Kier alpha value is -0.810. The largest absolute Gasteiger partial charge is 0.299 e. The summed E-state index contributed by atoms with van der Waals surface area (Å²) in [4.78, 5) is 0. The fraction of sp³-hybridized carbons (Fsp3) is 0.800. The number of hydrogen-bond acceptors (Lipinski definition) is 2. The molecule has 0 amide bonds. The van der Waals surface area contributed by atoms with Crippen molar-refractivity contribution < 1.29 is 0 Å². The zero-order valence-corrected chi connectivity index (χ0v) is 10.8. The average molecular weight is 232 g/mol. The Kier molecular flexibility index (Phi) is 4.62. The predicted molar refractivity (Wildman–Crippen MR) is 70.6 cm³/mol. The highest BCUT2D eigenvalue weighted by molar-refractivity contribution is 5.10. The number of hydrogen-bond donors (Lipinski definition) is 1. The lowest BCUT2D eigenvalue weighted by atomic mass is 9.82. The van der Waals surface area contributed by atoms with Gasteiger partial charge in [-0.1, -0.05) is 30.9 Å². The lowest BCUT2D eigenvalue weighted by Crippen LogP contribution is -2.45. The highest BCUT2D eigenvalue weighted by Gasteiger charge is 2.30. The topological polar surface area (TPSA) is 35.8 Å². The van der Waals surface area contributed by atoms with E-state index < -0.39 is 0 Å². The molecular weight excluding hydrogens is 208 g/mol. The van der Waals surface area contributed by atoms with Crippen molar-refractivity contribution in [2.45, 2.75) is 69.7 Å². The maximum Gasteiger partial charge on any atom is 0.106 e. The summed E-state index contributed by atoms with van der Waals surface area (Å²) in [5, 5.41) is 12.9. The lowest BCUT2D eigenvalue weighted by Gasteiger charge is -2.32. The maximum atomic E-state index is 9.35. The molecule has 2 aliphatic carbocycles. The van der Waals surface area contributed by atoms with Gasteiger partial charge in [-0.05, 0) is 44.9 Å². The van der Waals surface area contributed by atoms with Crippen LogP contribution in [0.4, 0.5) is 0 Å². The first-order valence-corrected chi connectivity index (χ1v) is 7.19. The van der Waals surface area contributed by atoms with Gasteiger partial charge in [0.15, 0.2) is 0 Å². The van der Waals surface area contributed by atoms with Crippen molar-refractivity contribution >= 4 is 0 Å². The molecule has 0 unspecified atom stereocenters. The molecule has 2 aliphatic rings. The van der Waals surface area contributed by atoms with Gasteiger partial charge >= 0.3 is 0 Å². The highest BCUT2D eigenvalue weighted by Crippen LogP contribution is 2.28. The van der Waals surface area contributed by atoms with Crippen LogP contribution in [0.5, 0.6) is 0 Å². The van der Waals surface area contributed by atoms with Gasteiger partial charge in [0.2, 0.25) is 0 Å². The number of rotatable bonds is 4. The third kappa shape index (κ3) is 3.57. The number of nitrogens with zero attached hydrogens (tertiary/aromatic N) is 1. The van der Waals surface area contributed by atoms with Crippen LogP contribution in [0.25, 0.3) is 0 Å². The second-order valence-corrected chi connectivity index (χ2v) is 5.54. The van der Waals surface area contributed by atoms with Gasteiger partial charge in [0.1, 0.15) is 5.54 Å². The molecule has 0 bridgehead atoms. The van der Waals surface area contributed by atoms with Crippen molar-refractivity contribution in [3.05, 3.63) is 11.6 Å². The second-order valence-electron chi connectivity index (χ2n) is 5.54. The highest BCUT2D eigenvalue weighted by atomic mass is 15.0. The van der Waals surface area contributed by atoms with Crippen LogP contribution >= 0.6 is 0 Å². The third-order valence-corrected chi connectivity index (χ3v) is 4.22. The fourth-order valence-electron chi connectivity index (χ4n) is 3.08. The van der Waals surface area contributed by atoms with E-state index in [0.717, 1.165) is 25.8 Å². The van der Waals surface area contributed by atoms with Crippen molar-refractivity contribution in [2.75, 3.05) is 6.54 Å². The normalized spacial score (nSPS) is 23.8. The van der Waals surface area contributed by atoms with Crippen LogP contribution in [0.3, 0.4) is 0 Å². The molecule has 2 rings (SSSR count). The van der Waals surface area contributed by atoms with Crippen molar-refractivity contribution in [1.82, 2.24) is 5.32 Å². The summed E-state index contributed by atoms with van der Waals surface area (Å²) in [7, 11) is 0. The molecule has 0 radical (unpaired) electrons. The molecule has 0 aromatic carbocycles. The van der Waals surface area contributed by atoms with Gasteiger partial charge < -0.3 is 0 Å². The van der Waals surface area contributed by atoms with E-state index in [1.54, 1.807) is 5.57 Å². The first kappa shape index (κ1) is 12.6. The molecule has 0 aromatic rings. The molecule has 94 valence electrons. The zero-order chi connectivity index (χ0) is 12.0. The summed E-state index contributed by atoms with van der Waals surface area (Å²) in [5.41, 5.74) is 1.40. The van der Waals surface area contributed by atoms with Gasteiger partial charge in [0.25, 0.3) is 0 Å². The van der Waals surface area contributed by atoms with Crippen LogP contribution in [0.1, 0.15) is 64.2 Å². The third-order valence-electron chi connectivity index (χ3n) is 4.22. The van der Waals surface area contributed by atoms with Crippen LogP contribution in [0.2, 0.25) is 0 Å². The summed E-state index contributed by atoms with van der Waals surface area (Å²) in [6.45, 7) is 0.986. The van der Waals surface area contributed by atoms with E-state index in [-0.39, 0.29) is 5.54 Å². The first-order chi connectivity index (χ1) is 8.35. The molecule has 0 saturated heterocycles. The van der Waals surface area contributed by atoms with Gasteiger partial charge in [-0.25, -0.2) is 0 Å². The van der Waals surface area contributed by atoms with Crippen molar-refractivity contribution in [3.8, 4) is 6.07 Å². The first-order valence-electron chi connectivity index (χ1n) is 7.19. The Morgan fingerprint density at radius 3 is 2.65 bits per heavy atom. The minimum Gasteiger partial charge on any atom is -0.299 e. The Bertz CT molecular complexity index is 305. The molecular formula is C15H24N2. The van der Waals surface area contributed by atoms with Crippen LogP contribution in [-0.4, -0.2) is 12.1 Å². The molecule has 0 atom stereocenters. The minimum absolute atomic E-state index is 0.201. The molecule has 1 N–H and O–H groups in total. The molecule has 0 spiro atoms. The van der Waals surface area contributed by atoms with Gasteiger partial charge in [0.05, 0.1) is 6.07 Å². The van der Waals surface area contributed by atoms with Gasteiger partial charge in [-0.2, -0.15) is 5.26 Å². The minimum atomic E-state index is -0.201. The van der Waals surface area contributed by atoms with Crippen molar-refractivity contribution in [1.29, 1.82) is 5.26 Å². The Morgan fingerprint density at radius 2 is 2.00 bits per heavy atom. The standard InChI is InChI=1S/C15H24N2/c16-13-15(10-5-2-6-11-15)17-12-9-14-7-3-1-4-8-14/h7,17H,1-6,8-12H2. The molecule has 1 fully saturated rings. The summed E-state index contributed by atoms with van der Waals surface area (Å²) >= 11 is 0. The van der Waals surface area contributed by atoms with E-state index in [1.165, 1.54) is 44.9 Å². The number of nitriles is 1. The Labute approximate surface area is 105 Å². The monoisotopic (exact) mass is 232 g/mol. The Balaban J connectivity index is 1.76. The average Bonchev–Trinajstić information content (AvgIpc) is 2.41. The van der Waals surface area contributed by atoms with Crippen molar-refractivity contribution in [2.24, 2.45) is 0 Å². The molecule has 2 heteroatoms. The molecule has 0 aliphatic heterocycles. The molecule has 1 saturated carbocycles. The predicted octanol–water partition coefficient (Wildman–Crippen LogP) is 3.69. The van der Waals surface area contributed by atoms with Crippen LogP contribution < -0.4 is 5.32 Å². The van der Waals surface area contributed by atoms with E-state index in [4.69, 9.17) is 0 Å². The molecule has 0 heterocycles. The summed E-state index contributed by atoms with van der Waals surface area (Å²) in [6, 6.07) is 2.52. The molecule has 0 aromatic heterocycles. The summed E-state index contributed by atoms with van der Waals surface area (Å²) in [5.74, 6) is 0. The number of nitrogens with one attached hydrogen (secondary N) is 1. The van der Waals surface area contributed by atoms with E-state index in [9.17, 15) is 5.26 Å². The SMILES string of the molecule is N#CC1(NCCC2=CCCCC2)CCCCC1. The van der Waals surface area contributed by atoms with Gasteiger partial charge in [0, 0.05) is 6.54 Å². The van der Waals surface area contributed by atoms with Crippen LogP contribution in [-0.2, 0) is 0 Å². The quantitative estimate of drug-likeness (QED) is 0.750. The summed E-state index contributed by atoms with van der Waals surface area (Å²) in [6.07, 6.45) is 14.6. The van der Waals surface area contributed by atoms with E-state index in [2.05, 4.69) is 17.5 Å². The van der Waals surface area contributed by atoms with Crippen LogP contribution in [0.15, 0.2) is 11.6 Å². The lowest BCUT2D eigenvalue weighted by molar-refractivity contribution is 0.299. The van der Waals surface area contributed by atoms with Crippen molar-refractivity contribution in [3.63, 3.8) is 0 Å². The van der Waals surface area contributed by atoms with Crippen LogP contribution in [0, 0.1) is 11.3 Å².